The Hall–Kier alpha value is 0.394. The van der Waals surface area contributed by atoms with Crippen LogP contribution in [0.15, 0.2) is 0 Å². The summed E-state index contributed by atoms with van der Waals surface area (Å²) in [6.45, 7) is 9.47. The summed E-state index contributed by atoms with van der Waals surface area (Å²) in [4.78, 5) is 0. The molecule has 1 saturated heterocycles. The monoisotopic (exact) mass is 244 g/mol. The van der Waals surface area contributed by atoms with Crippen LogP contribution in [-0.4, -0.2) is 16.6 Å². The lowest BCUT2D eigenvalue weighted by molar-refractivity contribution is 0.515. The maximum Gasteiger partial charge on any atom is 0.179 e. The lowest BCUT2D eigenvalue weighted by atomic mass is 10.4. The highest BCUT2D eigenvalue weighted by molar-refractivity contribution is 6.87. The zero-order valence-electron chi connectivity index (χ0n) is 11.1. The Kier molecular flexibility index (Phi) is 5.06. The third-order valence-corrected chi connectivity index (χ3v) is 15.7. The molecule has 0 unspecified atom stereocenters. The molecule has 0 atom stereocenters. The number of rotatable bonds is 4. The van der Waals surface area contributed by atoms with Crippen molar-refractivity contribution >= 4 is 16.6 Å². The molecule has 1 nitrogen and oxygen atoms in total. The molecular formula is C12H28OSi2. The Morgan fingerprint density at radius 1 is 0.733 bits per heavy atom. The van der Waals surface area contributed by atoms with E-state index in [9.17, 15) is 0 Å². The normalized spacial score (nSPS) is 24.8. The van der Waals surface area contributed by atoms with Crippen LogP contribution in [-0.2, 0) is 4.12 Å². The van der Waals surface area contributed by atoms with E-state index >= 15 is 0 Å². The second-order valence-electron chi connectivity index (χ2n) is 5.09. The van der Waals surface area contributed by atoms with Crippen molar-refractivity contribution in [2.45, 2.75) is 76.8 Å². The third kappa shape index (κ3) is 2.95. The summed E-state index contributed by atoms with van der Waals surface area (Å²) >= 11 is 0. The largest absolute Gasteiger partial charge is 0.455 e. The molecule has 0 aromatic heterocycles. The molecule has 0 aromatic carbocycles. The Morgan fingerprint density at radius 2 is 1.07 bits per heavy atom. The predicted molar refractivity (Wildman–Crippen MR) is 73.4 cm³/mol. The van der Waals surface area contributed by atoms with Crippen LogP contribution in [0, 0.1) is 0 Å². The first kappa shape index (κ1) is 13.5. The first-order valence-corrected chi connectivity index (χ1v) is 11.9. The van der Waals surface area contributed by atoms with Gasteiger partial charge in [0, 0.05) is 0 Å². The maximum atomic E-state index is 6.86. The predicted octanol–water partition coefficient (Wildman–Crippen LogP) is 4.77. The molecule has 0 amide bonds. The highest BCUT2D eigenvalue weighted by Crippen LogP contribution is 2.38. The lowest BCUT2D eigenvalue weighted by Crippen LogP contribution is -2.48. The van der Waals surface area contributed by atoms with Crippen LogP contribution in [0.3, 0.4) is 0 Å². The maximum absolute atomic E-state index is 6.86. The molecule has 1 fully saturated rings. The van der Waals surface area contributed by atoms with Gasteiger partial charge < -0.3 is 4.12 Å². The minimum absolute atomic E-state index is 1.30. The quantitative estimate of drug-likeness (QED) is 0.648. The van der Waals surface area contributed by atoms with Gasteiger partial charge in [0.05, 0.1) is 0 Å². The fourth-order valence-corrected chi connectivity index (χ4v) is 14.0. The molecule has 1 rings (SSSR count). The third-order valence-electron chi connectivity index (χ3n) is 4.53. The minimum Gasteiger partial charge on any atom is -0.455 e. The smallest absolute Gasteiger partial charge is 0.179 e. The molecule has 0 aliphatic carbocycles. The van der Waals surface area contributed by atoms with E-state index < -0.39 is 16.6 Å². The summed E-state index contributed by atoms with van der Waals surface area (Å²) in [7, 11) is -2.59. The summed E-state index contributed by atoms with van der Waals surface area (Å²) in [6, 6.07) is 8.26. The van der Waals surface area contributed by atoms with Crippen molar-refractivity contribution in [2.75, 3.05) is 0 Å². The van der Waals surface area contributed by atoms with Crippen LogP contribution in [0.4, 0.5) is 0 Å². The topological polar surface area (TPSA) is 9.23 Å². The Balaban J connectivity index is 2.84. The average molecular weight is 245 g/mol. The molecule has 0 saturated carbocycles. The molecule has 1 aliphatic heterocycles. The van der Waals surface area contributed by atoms with Crippen molar-refractivity contribution in [1.82, 2.24) is 0 Å². The van der Waals surface area contributed by atoms with E-state index in [-0.39, 0.29) is 0 Å². The fourth-order valence-electron chi connectivity index (χ4n) is 2.95. The van der Waals surface area contributed by atoms with Gasteiger partial charge in [0.15, 0.2) is 16.6 Å². The van der Waals surface area contributed by atoms with E-state index in [0.29, 0.717) is 0 Å². The molecule has 1 aliphatic rings. The average Bonchev–Trinajstić information content (AvgIpc) is 2.50. The SMILES string of the molecule is CC[Si]1(CC)CCCC[Si](CC)(CC)O1. The molecule has 90 valence electrons. The second-order valence-corrected chi connectivity index (χ2v) is 14.5. The molecule has 1 heterocycles. The zero-order valence-corrected chi connectivity index (χ0v) is 13.1. The summed E-state index contributed by atoms with van der Waals surface area (Å²) < 4.78 is 6.86. The highest BCUT2D eigenvalue weighted by Gasteiger charge is 2.42. The first-order chi connectivity index (χ1) is 7.16. The van der Waals surface area contributed by atoms with E-state index in [1.807, 2.05) is 0 Å². The number of hydrogen-bond donors (Lipinski definition) is 0. The van der Waals surface area contributed by atoms with Gasteiger partial charge in [-0.15, -0.1) is 0 Å². The van der Waals surface area contributed by atoms with Gasteiger partial charge in [0.2, 0.25) is 0 Å². The molecule has 3 heteroatoms. The molecule has 0 aromatic rings. The van der Waals surface area contributed by atoms with Crippen molar-refractivity contribution in [3.8, 4) is 0 Å². The van der Waals surface area contributed by atoms with E-state index in [2.05, 4.69) is 27.7 Å². The second kappa shape index (κ2) is 5.64. The van der Waals surface area contributed by atoms with Crippen LogP contribution >= 0.6 is 0 Å². The molecule has 0 bridgehead atoms. The van der Waals surface area contributed by atoms with Gasteiger partial charge in [0.25, 0.3) is 0 Å². The van der Waals surface area contributed by atoms with Crippen molar-refractivity contribution < 1.29 is 4.12 Å². The molecule has 0 N–H and O–H groups in total. The van der Waals surface area contributed by atoms with Crippen molar-refractivity contribution in [1.29, 1.82) is 0 Å². The van der Waals surface area contributed by atoms with Crippen LogP contribution < -0.4 is 0 Å². The van der Waals surface area contributed by atoms with Crippen LogP contribution in [0.2, 0.25) is 36.3 Å². The van der Waals surface area contributed by atoms with Crippen molar-refractivity contribution in [3.63, 3.8) is 0 Å². The standard InChI is InChI=1S/C12H28OSi2/c1-5-14(6-2)11-9-10-12-15(7-3,8-4)13-14/h5-12H2,1-4H3. The summed E-state index contributed by atoms with van der Waals surface area (Å²) in [5.74, 6) is 0. The van der Waals surface area contributed by atoms with Gasteiger partial charge in [-0.2, -0.15) is 0 Å². The van der Waals surface area contributed by atoms with E-state index in [4.69, 9.17) is 4.12 Å². The van der Waals surface area contributed by atoms with E-state index in [0.717, 1.165) is 0 Å². The zero-order chi connectivity index (χ0) is 11.4. The van der Waals surface area contributed by atoms with Crippen molar-refractivity contribution in [2.24, 2.45) is 0 Å². The van der Waals surface area contributed by atoms with E-state index in [1.54, 1.807) is 0 Å². The van der Waals surface area contributed by atoms with Crippen LogP contribution in [0.5, 0.6) is 0 Å². The Morgan fingerprint density at radius 3 is 1.33 bits per heavy atom. The van der Waals surface area contributed by atoms with Crippen LogP contribution in [0.1, 0.15) is 40.5 Å². The molecule has 0 radical (unpaired) electrons. The van der Waals surface area contributed by atoms with Gasteiger partial charge in [0.1, 0.15) is 0 Å². The van der Waals surface area contributed by atoms with Gasteiger partial charge in [-0.3, -0.25) is 0 Å². The Bertz CT molecular complexity index is 166. The highest BCUT2D eigenvalue weighted by atomic mass is 28.4. The van der Waals surface area contributed by atoms with Gasteiger partial charge in [-0.05, 0) is 36.3 Å². The number of hydrogen-bond acceptors (Lipinski definition) is 1. The van der Waals surface area contributed by atoms with Gasteiger partial charge in [-0.25, -0.2) is 0 Å². The lowest BCUT2D eigenvalue weighted by Gasteiger charge is -2.39. The van der Waals surface area contributed by atoms with Gasteiger partial charge >= 0.3 is 0 Å². The fraction of sp³-hybridized carbons (Fsp3) is 1.00. The Labute approximate surface area is 97.9 Å². The first-order valence-electron chi connectivity index (χ1n) is 6.86. The van der Waals surface area contributed by atoms with E-state index in [1.165, 1.54) is 49.1 Å². The molecular weight excluding hydrogens is 216 g/mol. The molecule has 15 heavy (non-hydrogen) atoms. The van der Waals surface area contributed by atoms with Crippen molar-refractivity contribution in [3.05, 3.63) is 0 Å². The minimum atomic E-state index is -1.30. The molecule has 0 spiro atoms. The summed E-state index contributed by atoms with van der Waals surface area (Å²) in [5.41, 5.74) is 0. The van der Waals surface area contributed by atoms with Gasteiger partial charge in [-0.1, -0.05) is 40.5 Å². The summed E-state index contributed by atoms with van der Waals surface area (Å²) in [5, 5.41) is 0. The van der Waals surface area contributed by atoms with Crippen LogP contribution in [0.25, 0.3) is 0 Å². The summed E-state index contributed by atoms with van der Waals surface area (Å²) in [6.07, 6.45) is 2.89.